The first-order valence-electron chi connectivity index (χ1n) is 9.00. The Morgan fingerprint density at radius 2 is 2.14 bits per heavy atom. The molecule has 0 spiro atoms. The van der Waals surface area contributed by atoms with Crippen LogP contribution >= 0.6 is 19.3 Å². The van der Waals surface area contributed by atoms with Crippen LogP contribution in [0, 0.1) is 0 Å². The highest BCUT2D eigenvalue weighted by Crippen LogP contribution is 2.57. The molecule has 2 N–H and O–H groups in total. The molecule has 1 aromatic heterocycles. The van der Waals surface area contributed by atoms with Crippen molar-refractivity contribution in [3.8, 4) is 0 Å². The summed E-state index contributed by atoms with van der Waals surface area (Å²) in [5.74, 6) is -0.612. The molecule has 11 nitrogen and oxygen atoms in total. The number of fused-ring (bicyclic) bond motifs is 1. The Labute approximate surface area is 171 Å². The molecule has 2 aliphatic rings. The first-order valence-corrected chi connectivity index (χ1v) is 10.9. The van der Waals surface area contributed by atoms with Gasteiger partial charge in [-0.25, -0.2) is 14.4 Å². The highest BCUT2D eigenvalue weighted by atomic mass is 35.5. The molecule has 0 saturated carbocycles. The van der Waals surface area contributed by atoms with Crippen LogP contribution in [0.4, 0.5) is 0 Å². The molecular weight excluding hydrogens is 429 g/mol. The number of ether oxygens (including phenoxy) is 2. The summed E-state index contributed by atoms with van der Waals surface area (Å²) in [6.07, 6.45) is -1.73. The number of aromatic amines is 1. The number of nitrogens with one attached hydrogen (secondary N) is 2. The molecular formula is C16H23ClN3O8P. The van der Waals surface area contributed by atoms with Gasteiger partial charge in [0.25, 0.3) is 5.56 Å². The summed E-state index contributed by atoms with van der Waals surface area (Å²) in [4.78, 5) is 36.2. The van der Waals surface area contributed by atoms with Crippen LogP contribution in [0.1, 0.15) is 33.9 Å². The molecule has 0 amide bonds. The number of carbonyl (C=O) groups is 1. The number of aromatic nitrogens is 2. The fourth-order valence-corrected chi connectivity index (χ4v) is 5.34. The van der Waals surface area contributed by atoms with Crippen LogP contribution in [0.25, 0.3) is 0 Å². The molecule has 2 fully saturated rings. The number of nitrogens with zero attached hydrogens (tertiary/aromatic N) is 1. The normalized spacial score (nSPS) is 35.3. The molecule has 3 rings (SSSR count). The van der Waals surface area contributed by atoms with E-state index in [0.717, 1.165) is 10.6 Å². The Morgan fingerprint density at radius 3 is 2.76 bits per heavy atom. The van der Waals surface area contributed by atoms with E-state index in [-0.39, 0.29) is 12.7 Å². The average Bonchev–Trinajstić information content (AvgIpc) is 2.85. The maximum atomic E-state index is 13.0. The Morgan fingerprint density at radius 1 is 1.45 bits per heavy atom. The minimum Gasteiger partial charge on any atom is -0.462 e. The second-order valence-corrected chi connectivity index (χ2v) is 9.89. The highest BCUT2D eigenvalue weighted by molar-refractivity contribution is 7.51. The van der Waals surface area contributed by atoms with Crippen molar-refractivity contribution in [3.63, 3.8) is 0 Å². The van der Waals surface area contributed by atoms with Gasteiger partial charge in [0.05, 0.1) is 12.7 Å². The van der Waals surface area contributed by atoms with Crippen LogP contribution < -0.4 is 16.3 Å². The minimum atomic E-state index is -3.92. The predicted octanol–water partition coefficient (Wildman–Crippen LogP) is 0.885. The third-order valence-electron chi connectivity index (χ3n) is 4.50. The Hall–Kier alpha value is -1.49. The molecule has 6 atom stereocenters. The van der Waals surface area contributed by atoms with Gasteiger partial charge in [0.2, 0.25) is 0 Å². The maximum absolute atomic E-state index is 13.0. The van der Waals surface area contributed by atoms with E-state index in [9.17, 15) is 18.9 Å². The lowest BCUT2D eigenvalue weighted by atomic mass is 10.0. The van der Waals surface area contributed by atoms with Crippen LogP contribution in [0.5, 0.6) is 0 Å². The molecule has 1 aromatic rings. The molecule has 3 heterocycles. The molecule has 0 aromatic carbocycles. The Balaban J connectivity index is 1.79. The molecule has 13 heteroatoms. The Bertz CT molecular complexity index is 945. The number of hydrogen-bond donors (Lipinski definition) is 2. The van der Waals surface area contributed by atoms with E-state index in [4.69, 9.17) is 30.1 Å². The van der Waals surface area contributed by atoms with Crippen LogP contribution in [0.15, 0.2) is 21.9 Å². The van der Waals surface area contributed by atoms with Crippen LogP contribution in [0.2, 0.25) is 0 Å². The van der Waals surface area contributed by atoms with Crippen molar-refractivity contribution >= 4 is 25.3 Å². The van der Waals surface area contributed by atoms with E-state index in [1.807, 2.05) is 0 Å². The molecule has 0 aliphatic carbocycles. The molecule has 0 radical (unpaired) electrons. The number of H-pyrrole nitrogens is 1. The number of halogens is 1. The molecule has 0 bridgehead atoms. The lowest BCUT2D eigenvalue weighted by molar-refractivity contribution is -0.149. The van der Waals surface area contributed by atoms with E-state index in [1.165, 1.54) is 13.1 Å². The summed E-state index contributed by atoms with van der Waals surface area (Å²) in [5.41, 5.74) is -1.27. The first kappa shape index (κ1) is 22.2. The van der Waals surface area contributed by atoms with Crippen molar-refractivity contribution in [2.24, 2.45) is 0 Å². The van der Waals surface area contributed by atoms with Gasteiger partial charge in [-0.2, -0.15) is 0 Å². The van der Waals surface area contributed by atoms with Crippen LogP contribution in [-0.4, -0.2) is 51.4 Å². The predicted molar refractivity (Wildman–Crippen MR) is 102 cm³/mol. The zero-order valence-electron chi connectivity index (χ0n) is 16.3. The fraction of sp³-hybridized carbons (Fsp3) is 0.688. The van der Waals surface area contributed by atoms with Crippen molar-refractivity contribution in [1.29, 1.82) is 0 Å². The van der Waals surface area contributed by atoms with Gasteiger partial charge in [0.15, 0.2) is 6.23 Å². The van der Waals surface area contributed by atoms with Crippen molar-refractivity contribution in [2.75, 3.05) is 6.61 Å². The third kappa shape index (κ3) is 4.50. The van der Waals surface area contributed by atoms with Crippen molar-refractivity contribution in [2.45, 2.75) is 63.2 Å². The zero-order chi connectivity index (χ0) is 21.6. The van der Waals surface area contributed by atoms with E-state index in [2.05, 4.69) is 10.1 Å². The summed E-state index contributed by atoms with van der Waals surface area (Å²) in [6, 6.07) is 0.201. The Kier molecular flexibility index (Phi) is 6.11. The molecule has 162 valence electrons. The first-order chi connectivity index (χ1) is 13.4. The average molecular weight is 452 g/mol. The van der Waals surface area contributed by atoms with Gasteiger partial charge in [-0.05, 0) is 27.7 Å². The molecule has 29 heavy (non-hydrogen) atoms. The lowest BCUT2D eigenvalue weighted by Gasteiger charge is -2.36. The zero-order valence-corrected chi connectivity index (χ0v) is 17.9. The number of rotatable bonds is 5. The van der Waals surface area contributed by atoms with E-state index in [0.29, 0.717) is 0 Å². The number of carbonyl (C=O) groups excluding carboxylic acids is 1. The topological polar surface area (TPSA) is 138 Å². The van der Waals surface area contributed by atoms with Crippen LogP contribution in [-0.2, 0) is 27.9 Å². The largest absolute Gasteiger partial charge is 0.462 e. The fourth-order valence-electron chi connectivity index (χ4n) is 3.16. The van der Waals surface area contributed by atoms with Gasteiger partial charge in [-0.15, -0.1) is 11.6 Å². The summed E-state index contributed by atoms with van der Waals surface area (Å²) < 4.78 is 36.0. The van der Waals surface area contributed by atoms with Crippen molar-refractivity contribution in [3.05, 3.63) is 33.1 Å². The SMILES string of the molecule is CC(C)OC(=O)[C@@H](C)N[P@]1(=O)OC[C@H]2O[C@@H](n3ccc(=O)[nH]c3=O)[C@](C)(Cl)[C@@H]2O1. The van der Waals surface area contributed by atoms with Gasteiger partial charge in [-0.1, -0.05) is 0 Å². The second-order valence-electron chi connectivity index (χ2n) is 7.35. The van der Waals surface area contributed by atoms with E-state index >= 15 is 0 Å². The molecule has 0 unspecified atom stereocenters. The van der Waals surface area contributed by atoms with Gasteiger partial charge in [-0.3, -0.25) is 28.2 Å². The minimum absolute atomic E-state index is 0.141. The van der Waals surface area contributed by atoms with Crippen LogP contribution in [0.3, 0.4) is 0 Å². The van der Waals surface area contributed by atoms with E-state index < -0.39 is 54.3 Å². The van der Waals surface area contributed by atoms with Crippen molar-refractivity contribution in [1.82, 2.24) is 14.6 Å². The van der Waals surface area contributed by atoms with Gasteiger partial charge >= 0.3 is 19.4 Å². The monoisotopic (exact) mass is 451 g/mol. The smallest absolute Gasteiger partial charge is 0.406 e. The quantitative estimate of drug-likeness (QED) is 0.379. The molecule has 2 saturated heterocycles. The van der Waals surface area contributed by atoms with Crippen molar-refractivity contribution < 1.29 is 27.9 Å². The van der Waals surface area contributed by atoms with Gasteiger partial charge < -0.3 is 9.47 Å². The number of esters is 1. The summed E-state index contributed by atoms with van der Waals surface area (Å²) in [6.45, 7) is 6.28. The molecule has 2 aliphatic heterocycles. The third-order valence-corrected chi connectivity index (χ3v) is 6.60. The standard InChI is InChI=1S/C16H23ClN3O8P/c1-8(2)26-13(22)9(3)19-29(24)25-7-10-12(28-29)16(4,17)14(27-10)20-6-5-11(21)18-15(20)23/h5-6,8-10,12,14H,7H2,1-4H3,(H,19,24)(H,18,21,23)/t9-,10-,12-,14-,16-,29+/m1/s1. The van der Waals surface area contributed by atoms with Gasteiger partial charge in [0.1, 0.15) is 23.1 Å². The second kappa shape index (κ2) is 7.98. The lowest BCUT2D eigenvalue weighted by Crippen LogP contribution is -2.47. The maximum Gasteiger partial charge on any atom is 0.406 e. The van der Waals surface area contributed by atoms with E-state index in [1.54, 1.807) is 20.8 Å². The number of hydrogen-bond acceptors (Lipinski definition) is 8. The highest BCUT2D eigenvalue weighted by Gasteiger charge is 2.60. The number of alkyl halides is 1. The van der Waals surface area contributed by atoms with Gasteiger partial charge in [0, 0.05) is 12.3 Å². The summed E-state index contributed by atoms with van der Waals surface area (Å²) in [5, 5.41) is 2.53. The summed E-state index contributed by atoms with van der Waals surface area (Å²) in [7, 11) is -3.92. The summed E-state index contributed by atoms with van der Waals surface area (Å²) >= 11 is 6.65.